The lowest BCUT2D eigenvalue weighted by Gasteiger charge is -2.24. The third kappa shape index (κ3) is 2.66. The van der Waals surface area contributed by atoms with Crippen LogP contribution in [0.15, 0.2) is 23.3 Å². The molecule has 1 fully saturated rings. The van der Waals surface area contributed by atoms with Gasteiger partial charge in [-0.2, -0.15) is 0 Å². The SMILES string of the molecule is CC1(CNc2cc3nc[nH]c(=O)c3cc2[N+](=O)[O-])CCCC1. The van der Waals surface area contributed by atoms with Crippen molar-refractivity contribution in [1.29, 1.82) is 0 Å². The molecule has 0 spiro atoms. The average Bonchev–Trinajstić information content (AvgIpc) is 2.92. The van der Waals surface area contributed by atoms with Crippen LogP contribution in [0.5, 0.6) is 0 Å². The van der Waals surface area contributed by atoms with Gasteiger partial charge in [0.2, 0.25) is 0 Å². The Morgan fingerprint density at radius 2 is 2.14 bits per heavy atom. The lowest BCUT2D eigenvalue weighted by Crippen LogP contribution is -2.23. The van der Waals surface area contributed by atoms with Gasteiger partial charge in [-0.25, -0.2) is 4.98 Å². The number of rotatable bonds is 4. The first kappa shape index (κ1) is 14.5. The largest absolute Gasteiger partial charge is 0.379 e. The normalized spacial score (nSPS) is 16.8. The first-order valence-corrected chi connectivity index (χ1v) is 7.38. The molecule has 2 aromatic rings. The molecule has 0 aliphatic heterocycles. The highest BCUT2D eigenvalue weighted by molar-refractivity contribution is 5.86. The van der Waals surface area contributed by atoms with Gasteiger partial charge in [-0.05, 0) is 24.3 Å². The lowest BCUT2D eigenvalue weighted by atomic mass is 9.89. The topological polar surface area (TPSA) is 101 Å². The van der Waals surface area contributed by atoms with Crippen LogP contribution in [0.3, 0.4) is 0 Å². The van der Waals surface area contributed by atoms with E-state index in [0.29, 0.717) is 17.7 Å². The Morgan fingerprint density at radius 1 is 1.41 bits per heavy atom. The Balaban J connectivity index is 1.98. The van der Waals surface area contributed by atoms with Crippen molar-refractivity contribution in [3.8, 4) is 0 Å². The number of H-pyrrole nitrogens is 1. The summed E-state index contributed by atoms with van der Waals surface area (Å²) in [6.45, 7) is 2.88. The summed E-state index contributed by atoms with van der Waals surface area (Å²) in [5, 5.41) is 14.7. The molecule has 116 valence electrons. The van der Waals surface area contributed by atoms with Crippen LogP contribution in [-0.2, 0) is 0 Å². The third-order valence-corrected chi connectivity index (χ3v) is 4.47. The van der Waals surface area contributed by atoms with Crippen LogP contribution >= 0.6 is 0 Å². The zero-order valence-corrected chi connectivity index (χ0v) is 12.4. The van der Waals surface area contributed by atoms with E-state index >= 15 is 0 Å². The van der Waals surface area contributed by atoms with E-state index < -0.39 is 4.92 Å². The molecule has 0 unspecified atom stereocenters. The highest BCUT2D eigenvalue weighted by Gasteiger charge is 2.29. The zero-order valence-electron chi connectivity index (χ0n) is 12.4. The van der Waals surface area contributed by atoms with Gasteiger partial charge >= 0.3 is 0 Å². The van der Waals surface area contributed by atoms with Crippen molar-refractivity contribution < 1.29 is 4.92 Å². The van der Waals surface area contributed by atoms with Gasteiger partial charge in [0.15, 0.2) is 0 Å². The number of hydrogen-bond acceptors (Lipinski definition) is 5. The van der Waals surface area contributed by atoms with Crippen molar-refractivity contribution in [2.45, 2.75) is 32.6 Å². The van der Waals surface area contributed by atoms with Gasteiger partial charge in [0.1, 0.15) is 5.69 Å². The maximum Gasteiger partial charge on any atom is 0.293 e. The van der Waals surface area contributed by atoms with E-state index in [9.17, 15) is 14.9 Å². The van der Waals surface area contributed by atoms with Crippen molar-refractivity contribution in [2.24, 2.45) is 5.41 Å². The smallest absolute Gasteiger partial charge is 0.293 e. The van der Waals surface area contributed by atoms with Crippen LogP contribution in [0.4, 0.5) is 11.4 Å². The second kappa shape index (κ2) is 5.40. The van der Waals surface area contributed by atoms with Gasteiger partial charge in [-0.15, -0.1) is 0 Å². The minimum Gasteiger partial charge on any atom is -0.379 e. The molecule has 7 heteroatoms. The van der Waals surface area contributed by atoms with Crippen molar-refractivity contribution in [3.63, 3.8) is 0 Å². The minimum atomic E-state index is -0.467. The number of benzene rings is 1. The van der Waals surface area contributed by atoms with Gasteiger partial charge in [0.05, 0.1) is 22.2 Å². The van der Waals surface area contributed by atoms with Crippen LogP contribution in [0.2, 0.25) is 0 Å². The number of hydrogen-bond donors (Lipinski definition) is 2. The predicted octanol–water partition coefficient (Wildman–Crippen LogP) is 2.82. The number of nitrogens with one attached hydrogen (secondary N) is 2. The van der Waals surface area contributed by atoms with E-state index in [1.807, 2.05) is 0 Å². The van der Waals surface area contributed by atoms with Crippen LogP contribution in [-0.4, -0.2) is 21.4 Å². The van der Waals surface area contributed by atoms with E-state index in [2.05, 4.69) is 22.2 Å². The monoisotopic (exact) mass is 302 g/mol. The van der Waals surface area contributed by atoms with E-state index in [-0.39, 0.29) is 22.0 Å². The van der Waals surface area contributed by atoms with Crippen molar-refractivity contribution in [1.82, 2.24) is 9.97 Å². The molecule has 0 atom stereocenters. The van der Waals surface area contributed by atoms with Crippen molar-refractivity contribution >= 4 is 22.3 Å². The summed E-state index contributed by atoms with van der Waals surface area (Å²) in [4.78, 5) is 29.1. The number of aromatic nitrogens is 2. The molecule has 1 heterocycles. The molecule has 1 aliphatic carbocycles. The van der Waals surface area contributed by atoms with Gasteiger partial charge in [-0.1, -0.05) is 19.8 Å². The number of aromatic amines is 1. The van der Waals surface area contributed by atoms with E-state index in [4.69, 9.17) is 0 Å². The Bertz CT molecular complexity index is 778. The second-order valence-electron chi connectivity index (χ2n) is 6.25. The highest BCUT2D eigenvalue weighted by Crippen LogP contribution is 2.38. The molecule has 1 aromatic carbocycles. The third-order valence-electron chi connectivity index (χ3n) is 4.47. The standard InChI is InChI=1S/C15H18N4O3/c1-15(4-2-3-5-15)8-16-12-7-11-10(6-13(12)19(21)22)14(20)18-9-17-11/h6-7,9,16H,2-5,8H2,1H3,(H,17,18,20). The number of nitrogens with zero attached hydrogens (tertiary/aromatic N) is 2. The molecule has 22 heavy (non-hydrogen) atoms. The van der Waals surface area contributed by atoms with Crippen molar-refractivity contribution in [2.75, 3.05) is 11.9 Å². The van der Waals surface area contributed by atoms with E-state index in [1.54, 1.807) is 6.07 Å². The highest BCUT2D eigenvalue weighted by atomic mass is 16.6. The second-order valence-corrected chi connectivity index (χ2v) is 6.25. The van der Waals surface area contributed by atoms with Gasteiger partial charge < -0.3 is 10.3 Å². The summed E-state index contributed by atoms with van der Waals surface area (Å²) in [6.07, 6.45) is 5.96. The summed E-state index contributed by atoms with van der Waals surface area (Å²) in [6, 6.07) is 2.88. The summed E-state index contributed by atoms with van der Waals surface area (Å²) >= 11 is 0. The molecule has 3 rings (SSSR count). The molecule has 0 saturated heterocycles. The van der Waals surface area contributed by atoms with Crippen LogP contribution in [0.1, 0.15) is 32.6 Å². The maximum absolute atomic E-state index is 11.7. The predicted molar refractivity (Wildman–Crippen MR) is 84.1 cm³/mol. The Morgan fingerprint density at radius 3 is 2.82 bits per heavy atom. The molecular formula is C15H18N4O3. The molecule has 7 nitrogen and oxygen atoms in total. The quantitative estimate of drug-likeness (QED) is 0.668. The van der Waals surface area contributed by atoms with E-state index in [0.717, 1.165) is 12.8 Å². The molecule has 2 N–H and O–H groups in total. The zero-order chi connectivity index (χ0) is 15.7. The first-order chi connectivity index (χ1) is 10.5. The summed E-state index contributed by atoms with van der Waals surface area (Å²) in [7, 11) is 0. The maximum atomic E-state index is 11.7. The summed E-state index contributed by atoms with van der Waals surface area (Å²) in [5.74, 6) is 0. The van der Waals surface area contributed by atoms with Crippen LogP contribution in [0, 0.1) is 15.5 Å². The lowest BCUT2D eigenvalue weighted by molar-refractivity contribution is -0.383. The fourth-order valence-corrected chi connectivity index (χ4v) is 3.11. The number of nitro benzene ring substituents is 1. The Kier molecular flexibility index (Phi) is 3.56. The fraction of sp³-hybridized carbons (Fsp3) is 0.467. The van der Waals surface area contributed by atoms with Crippen molar-refractivity contribution in [3.05, 3.63) is 38.9 Å². The molecule has 1 aromatic heterocycles. The van der Waals surface area contributed by atoms with Crippen LogP contribution in [0.25, 0.3) is 10.9 Å². The molecule has 0 bridgehead atoms. The molecular weight excluding hydrogens is 284 g/mol. The van der Waals surface area contributed by atoms with Gasteiger partial charge in [0, 0.05) is 12.6 Å². The minimum absolute atomic E-state index is 0.0902. The molecule has 1 aliphatic rings. The summed E-state index contributed by atoms with van der Waals surface area (Å²) < 4.78 is 0. The number of anilines is 1. The average molecular weight is 302 g/mol. The fourth-order valence-electron chi connectivity index (χ4n) is 3.11. The molecule has 1 saturated carbocycles. The first-order valence-electron chi connectivity index (χ1n) is 7.38. The number of fused-ring (bicyclic) bond motifs is 1. The van der Waals surface area contributed by atoms with E-state index in [1.165, 1.54) is 25.2 Å². The Hall–Kier alpha value is -2.44. The van der Waals surface area contributed by atoms with Crippen LogP contribution < -0.4 is 10.9 Å². The number of nitro groups is 1. The van der Waals surface area contributed by atoms with Gasteiger partial charge in [-0.3, -0.25) is 14.9 Å². The molecule has 0 radical (unpaired) electrons. The summed E-state index contributed by atoms with van der Waals surface area (Å²) in [5.41, 5.74) is 0.580. The van der Waals surface area contributed by atoms with Gasteiger partial charge in [0.25, 0.3) is 11.2 Å². The molecule has 0 amide bonds. The Labute approximate surface area is 126 Å².